The van der Waals surface area contributed by atoms with Crippen LogP contribution >= 0.6 is 0 Å². The zero-order chi connectivity index (χ0) is 21.3. The summed E-state index contributed by atoms with van der Waals surface area (Å²) in [6.45, 7) is 6.06. The number of phenolic OH excluding ortho intramolecular Hbond substituents is 4. The van der Waals surface area contributed by atoms with Crippen LogP contribution in [0.25, 0.3) is 21.9 Å². The van der Waals surface area contributed by atoms with E-state index in [-0.39, 0.29) is 45.4 Å². The lowest BCUT2D eigenvalue weighted by Gasteiger charge is -2.10. The molecule has 6 nitrogen and oxygen atoms in total. The van der Waals surface area contributed by atoms with Crippen molar-refractivity contribution in [1.29, 1.82) is 0 Å². The zero-order valence-electron chi connectivity index (χ0n) is 16.6. The molecule has 152 valence electrons. The Morgan fingerprint density at radius 2 is 1.59 bits per heavy atom. The van der Waals surface area contributed by atoms with Crippen molar-refractivity contribution < 1.29 is 24.8 Å². The van der Waals surface area contributed by atoms with Gasteiger partial charge in [0.25, 0.3) is 0 Å². The molecule has 0 atom stereocenters. The van der Waals surface area contributed by atoms with Crippen molar-refractivity contribution in [1.82, 2.24) is 0 Å². The van der Waals surface area contributed by atoms with Gasteiger partial charge in [0.1, 0.15) is 28.1 Å². The quantitative estimate of drug-likeness (QED) is 0.274. The first-order valence-electron chi connectivity index (χ1n) is 9.34. The molecule has 0 spiro atoms. The van der Waals surface area contributed by atoms with Crippen LogP contribution in [0.3, 0.4) is 0 Å². The monoisotopic (exact) mass is 396 g/mol. The molecule has 2 aromatic carbocycles. The molecule has 0 radical (unpaired) electrons. The number of rotatable bonds is 5. The molecule has 0 aliphatic rings. The van der Waals surface area contributed by atoms with Crippen LogP contribution in [-0.4, -0.2) is 20.4 Å². The summed E-state index contributed by atoms with van der Waals surface area (Å²) in [6.07, 6.45) is 6.08. The van der Waals surface area contributed by atoms with Crippen molar-refractivity contribution >= 4 is 21.9 Å². The second-order valence-electron chi connectivity index (χ2n) is 7.44. The predicted octanol–water partition coefficient (Wildman–Crippen LogP) is 5.00. The zero-order valence-corrected chi connectivity index (χ0v) is 16.6. The van der Waals surface area contributed by atoms with Crippen LogP contribution in [0, 0.1) is 0 Å². The van der Waals surface area contributed by atoms with E-state index < -0.39 is 16.9 Å². The second kappa shape index (κ2) is 7.91. The van der Waals surface area contributed by atoms with Gasteiger partial charge < -0.3 is 24.8 Å². The number of benzene rings is 2. The van der Waals surface area contributed by atoms with E-state index in [1.54, 1.807) is 0 Å². The summed E-state index contributed by atoms with van der Waals surface area (Å²) in [5, 5.41) is 40.3. The van der Waals surface area contributed by atoms with E-state index in [0.717, 1.165) is 30.5 Å². The van der Waals surface area contributed by atoms with Crippen molar-refractivity contribution in [3.63, 3.8) is 0 Å². The van der Waals surface area contributed by atoms with Crippen LogP contribution in [0.2, 0.25) is 0 Å². The summed E-state index contributed by atoms with van der Waals surface area (Å²) in [5.74, 6) is -1.43. The van der Waals surface area contributed by atoms with E-state index >= 15 is 0 Å². The first-order chi connectivity index (χ1) is 13.7. The van der Waals surface area contributed by atoms with E-state index in [1.807, 2.05) is 26.8 Å². The Bertz CT molecular complexity index is 1210. The molecule has 0 fully saturated rings. The maximum Gasteiger partial charge on any atom is 0.204 e. The standard InChI is InChI=1S/C23H24O6/c1-12(2)5-4-6-13(3)7-8-14-16(24)10-20-21(22(14)27)23(28)15-9-17(25)18(26)11-19(15)29-20/h5,7,9-11,24-27H,4,6,8H2,1-3H3. The first-order valence-corrected chi connectivity index (χ1v) is 9.34. The highest BCUT2D eigenvalue weighted by Crippen LogP contribution is 2.37. The smallest absolute Gasteiger partial charge is 0.204 e. The molecule has 0 aliphatic carbocycles. The molecule has 4 N–H and O–H groups in total. The molecule has 29 heavy (non-hydrogen) atoms. The van der Waals surface area contributed by atoms with Gasteiger partial charge >= 0.3 is 0 Å². The Labute approximate surface area is 167 Å². The summed E-state index contributed by atoms with van der Waals surface area (Å²) in [6, 6.07) is 3.49. The van der Waals surface area contributed by atoms with Gasteiger partial charge in [-0.25, -0.2) is 0 Å². The number of aromatic hydroxyl groups is 4. The fourth-order valence-corrected chi connectivity index (χ4v) is 3.21. The van der Waals surface area contributed by atoms with Crippen LogP contribution in [-0.2, 0) is 6.42 Å². The van der Waals surface area contributed by atoms with Crippen LogP contribution in [0.15, 0.2) is 50.7 Å². The molecule has 6 heteroatoms. The number of allylic oxidation sites excluding steroid dienone is 4. The topological polar surface area (TPSA) is 111 Å². The predicted molar refractivity (Wildman–Crippen MR) is 113 cm³/mol. The molecule has 3 aromatic rings. The second-order valence-corrected chi connectivity index (χ2v) is 7.44. The molecule has 0 saturated carbocycles. The van der Waals surface area contributed by atoms with Crippen LogP contribution in [0.1, 0.15) is 39.2 Å². The van der Waals surface area contributed by atoms with Gasteiger partial charge in [0.2, 0.25) is 5.43 Å². The normalized spacial score (nSPS) is 11.9. The minimum absolute atomic E-state index is 0.00407. The van der Waals surface area contributed by atoms with Crippen LogP contribution < -0.4 is 5.43 Å². The highest BCUT2D eigenvalue weighted by molar-refractivity contribution is 5.95. The average molecular weight is 396 g/mol. The molecule has 1 aromatic heterocycles. The summed E-state index contributed by atoms with van der Waals surface area (Å²) >= 11 is 0. The molecule has 0 saturated heterocycles. The van der Waals surface area contributed by atoms with Gasteiger partial charge in [0.05, 0.1) is 5.39 Å². The van der Waals surface area contributed by atoms with E-state index in [0.29, 0.717) is 0 Å². The van der Waals surface area contributed by atoms with Gasteiger partial charge in [-0.2, -0.15) is 0 Å². The lowest BCUT2D eigenvalue weighted by atomic mass is 10.0. The van der Waals surface area contributed by atoms with Gasteiger partial charge in [-0.1, -0.05) is 23.3 Å². The van der Waals surface area contributed by atoms with Crippen molar-refractivity contribution in [3.05, 3.63) is 57.3 Å². The van der Waals surface area contributed by atoms with E-state index in [9.17, 15) is 25.2 Å². The number of hydrogen-bond acceptors (Lipinski definition) is 6. The van der Waals surface area contributed by atoms with E-state index in [1.165, 1.54) is 11.6 Å². The third-order valence-electron chi connectivity index (χ3n) is 4.86. The van der Waals surface area contributed by atoms with Gasteiger partial charge in [-0.05, 0) is 46.1 Å². The largest absolute Gasteiger partial charge is 0.507 e. The highest BCUT2D eigenvalue weighted by atomic mass is 16.3. The Morgan fingerprint density at radius 3 is 2.28 bits per heavy atom. The number of fused-ring (bicyclic) bond motifs is 2. The van der Waals surface area contributed by atoms with E-state index in [4.69, 9.17) is 4.42 Å². The molecular weight excluding hydrogens is 372 g/mol. The molecule has 0 amide bonds. The lowest BCUT2D eigenvalue weighted by molar-refractivity contribution is 0.404. The Balaban J connectivity index is 2.07. The third kappa shape index (κ3) is 4.06. The molecule has 0 aliphatic heterocycles. The Kier molecular flexibility index (Phi) is 5.55. The minimum atomic E-state index is -0.556. The molecular formula is C23H24O6. The average Bonchev–Trinajstić information content (AvgIpc) is 2.62. The summed E-state index contributed by atoms with van der Waals surface area (Å²) < 4.78 is 5.57. The van der Waals surface area contributed by atoms with Crippen molar-refractivity contribution in [2.24, 2.45) is 0 Å². The molecule has 1 heterocycles. The minimum Gasteiger partial charge on any atom is -0.507 e. The fourth-order valence-electron chi connectivity index (χ4n) is 3.21. The SMILES string of the molecule is CC(C)=CCCC(C)=CCc1c(O)cc2oc3cc(O)c(O)cc3c(=O)c2c1O. The highest BCUT2D eigenvalue weighted by Gasteiger charge is 2.19. The number of phenols is 4. The van der Waals surface area contributed by atoms with Crippen molar-refractivity contribution in [2.75, 3.05) is 0 Å². The van der Waals surface area contributed by atoms with Crippen molar-refractivity contribution in [3.8, 4) is 23.0 Å². The number of hydrogen-bond donors (Lipinski definition) is 4. The van der Waals surface area contributed by atoms with Crippen LogP contribution in [0.5, 0.6) is 23.0 Å². The maximum atomic E-state index is 12.9. The van der Waals surface area contributed by atoms with Crippen molar-refractivity contribution in [2.45, 2.75) is 40.0 Å². The summed E-state index contributed by atoms with van der Waals surface area (Å²) in [5.41, 5.74) is 2.07. The first kappa shape index (κ1) is 20.3. The van der Waals surface area contributed by atoms with Gasteiger partial charge in [0.15, 0.2) is 11.5 Å². The Morgan fingerprint density at radius 1 is 0.931 bits per heavy atom. The maximum absolute atomic E-state index is 12.9. The molecule has 0 bridgehead atoms. The fraction of sp³-hybridized carbons (Fsp3) is 0.261. The summed E-state index contributed by atoms with van der Waals surface area (Å²) in [7, 11) is 0. The van der Waals surface area contributed by atoms with E-state index in [2.05, 4.69) is 6.08 Å². The molecule has 3 rings (SSSR count). The third-order valence-corrected chi connectivity index (χ3v) is 4.86. The summed E-state index contributed by atoms with van der Waals surface area (Å²) in [4.78, 5) is 12.9. The van der Waals surface area contributed by atoms with Gasteiger partial charge in [0, 0.05) is 17.7 Å². The van der Waals surface area contributed by atoms with Gasteiger partial charge in [-0.3, -0.25) is 4.79 Å². The molecule has 0 unspecified atom stereocenters. The lowest BCUT2D eigenvalue weighted by Crippen LogP contribution is -2.04. The Hall–Kier alpha value is -3.41. The van der Waals surface area contributed by atoms with Gasteiger partial charge in [-0.15, -0.1) is 0 Å². The van der Waals surface area contributed by atoms with Crippen LogP contribution in [0.4, 0.5) is 0 Å².